The summed E-state index contributed by atoms with van der Waals surface area (Å²) in [5, 5.41) is 9.83. The minimum absolute atomic E-state index is 0.00463. The molecule has 1 aromatic carbocycles. The Morgan fingerprint density at radius 3 is 2.78 bits per heavy atom. The molecule has 0 radical (unpaired) electrons. The standard InChI is InChI=1S/C16H16BFO9/c1-2-23-12(19)6-24-16(21)26-7-25-15(20)13-11(18)4-3-8-9-5-10(9)17(22)27-14(8)13/h3-4,9-10,22H,2,5-7H2,1H3/t9-,10-/m1/s1. The molecule has 2 aliphatic rings. The lowest BCUT2D eigenvalue weighted by Gasteiger charge is -2.21. The Hall–Kier alpha value is -2.82. The van der Waals surface area contributed by atoms with Crippen LogP contribution in [0.4, 0.5) is 9.18 Å². The molecule has 1 N–H and O–H groups in total. The van der Waals surface area contributed by atoms with E-state index in [4.69, 9.17) is 9.39 Å². The molecule has 0 spiro atoms. The minimum atomic E-state index is -1.26. The van der Waals surface area contributed by atoms with Gasteiger partial charge < -0.3 is 28.6 Å². The lowest BCUT2D eigenvalue weighted by atomic mass is 9.77. The summed E-state index contributed by atoms with van der Waals surface area (Å²) in [5.74, 6) is -2.92. The largest absolute Gasteiger partial charge is 0.535 e. The Morgan fingerprint density at radius 2 is 2.04 bits per heavy atom. The van der Waals surface area contributed by atoms with E-state index in [2.05, 4.69) is 14.2 Å². The van der Waals surface area contributed by atoms with Crippen LogP contribution in [0.25, 0.3) is 0 Å². The maximum atomic E-state index is 14.1. The van der Waals surface area contributed by atoms with E-state index >= 15 is 0 Å². The first-order valence-electron chi connectivity index (χ1n) is 8.21. The topological polar surface area (TPSA) is 118 Å². The van der Waals surface area contributed by atoms with Crippen LogP contribution in [-0.4, -0.2) is 50.2 Å². The van der Waals surface area contributed by atoms with Crippen molar-refractivity contribution in [3.63, 3.8) is 0 Å². The van der Waals surface area contributed by atoms with Crippen molar-refractivity contribution in [3.8, 4) is 5.75 Å². The molecule has 0 bridgehead atoms. The van der Waals surface area contributed by atoms with E-state index in [1.807, 2.05) is 0 Å². The fourth-order valence-electron chi connectivity index (χ4n) is 2.84. The van der Waals surface area contributed by atoms with Crippen LogP contribution in [0.2, 0.25) is 5.82 Å². The molecule has 0 amide bonds. The second-order valence-electron chi connectivity index (χ2n) is 5.89. The van der Waals surface area contributed by atoms with Crippen LogP contribution in [0.1, 0.15) is 35.2 Å². The molecule has 2 atom stereocenters. The van der Waals surface area contributed by atoms with Crippen LogP contribution >= 0.6 is 0 Å². The molecule has 9 nitrogen and oxygen atoms in total. The predicted octanol–water partition coefficient (Wildman–Crippen LogP) is 1.39. The van der Waals surface area contributed by atoms with Gasteiger partial charge in [0, 0.05) is 5.82 Å². The van der Waals surface area contributed by atoms with Crippen LogP contribution in [0.3, 0.4) is 0 Å². The van der Waals surface area contributed by atoms with Crippen LogP contribution in [0.15, 0.2) is 12.1 Å². The first-order chi connectivity index (χ1) is 12.9. The fraction of sp³-hybridized carbons (Fsp3) is 0.438. The summed E-state index contributed by atoms with van der Waals surface area (Å²) in [4.78, 5) is 34.5. The average Bonchev–Trinajstić information content (AvgIpc) is 3.41. The molecule has 1 aromatic rings. The third kappa shape index (κ3) is 4.13. The van der Waals surface area contributed by atoms with Gasteiger partial charge in [-0.15, -0.1) is 0 Å². The zero-order valence-corrected chi connectivity index (χ0v) is 14.3. The molecular weight excluding hydrogens is 366 g/mol. The van der Waals surface area contributed by atoms with Gasteiger partial charge in [-0.25, -0.2) is 18.8 Å². The summed E-state index contributed by atoms with van der Waals surface area (Å²) in [7, 11) is -1.12. The molecule has 144 valence electrons. The number of carbonyl (C=O) groups excluding carboxylic acids is 3. The van der Waals surface area contributed by atoms with E-state index < -0.39 is 50.0 Å². The molecule has 1 saturated carbocycles. The number of fused-ring (bicyclic) bond motifs is 3. The van der Waals surface area contributed by atoms with Crippen molar-refractivity contribution in [1.29, 1.82) is 0 Å². The SMILES string of the molecule is CCOC(=O)COC(=O)OCOC(=O)c1c(F)ccc2c1OB(O)[C@@H]1C[C@H]21. The number of ether oxygens (including phenoxy) is 4. The van der Waals surface area contributed by atoms with Crippen molar-refractivity contribution >= 4 is 25.2 Å². The number of rotatable bonds is 6. The summed E-state index contributed by atoms with van der Waals surface area (Å²) >= 11 is 0. The van der Waals surface area contributed by atoms with Gasteiger partial charge in [0.25, 0.3) is 0 Å². The van der Waals surface area contributed by atoms with E-state index in [9.17, 15) is 23.8 Å². The molecule has 1 aliphatic heterocycles. The van der Waals surface area contributed by atoms with E-state index in [0.717, 1.165) is 6.07 Å². The molecule has 11 heteroatoms. The van der Waals surface area contributed by atoms with Crippen LogP contribution in [0.5, 0.6) is 5.75 Å². The Kier molecular flexibility index (Phi) is 5.50. The van der Waals surface area contributed by atoms with Gasteiger partial charge in [0.15, 0.2) is 6.61 Å². The van der Waals surface area contributed by atoms with Gasteiger partial charge in [-0.2, -0.15) is 0 Å². The molecule has 1 heterocycles. The first kappa shape index (κ1) is 19.0. The second-order valence-corrected chi connectivity index (χ2v) is 5.89. The average molecular weight is 382 g/mol. The van der Waals surface area contributed by atoms with Crippen molar-refractivity contribution in [3.05, 3.63) is 29.1 Å². The molecule has 0 unspecified atom stereocenters. The van der Waals surface area contributed by atoms with Crippen LogP contribution in [0, 0.1) is 5.82 Å². The zero-order valence-electron chi connectivity index (χ0n) is 14.3. The maximum absolute atomic E-state index is 14.1. The molecule has 3 rings (SSSR count). The van der Waals surface area contributed by atoms with Gasteiger partial charge in [-0.3, -0.25) is 0 Å². The van der Waals surface area contributed by atoms with E-state index in [1.54, 1.807) is 6.92 Å². The fourth-order valence-corrected chi connectivity index (χ4v) is 2.84. The van der Waals surface area contributed by atoms with Gasteiger partial charge in [0.2, 0.25) is 6.79 Å². The highest BCUT2D eigenvalue weighted by Crippen LogP contribution is 2.60. The highest BCUT2D eigenvalue weighted by atomic mass is 19.1. The zero-order chi connectivity index (χ0) is 19.6. The van der Waals surface area contributed by atoms with Gasteiger partial charge >= 0.3 is 25.2 Å². The second kappa shape index (κ2) is 7.83. The van der Waals surface area contributed by atoms with Crippen molar-refractivity contribution < 1.29 is 47.4 Å². The van der Waals surface area contributed by atoms with Crippen molar-refractivity contribution in [2.45, 2.75) is 25.1 Å². The number of esters is 2. The quantitative estimate of drug-likeness (QED) is 0.337. The Bertz CT molecular complexity index is 769. The number of carbonyl (C=O) groups is 3. The third-order valence-electron chi connectivity index (χ3n) is 4.17. The normalized spacial score (nSPS) is 19.1. The molecule has 0 aromatic heterocycles. The number of benzene rings is 1. The Balaban J connectivity index is 1.55. The van der Waals surface area contributed by atoms with E-state index in [1.165, 1.54) is 6.07 Å². The Morgan fingerprint density at radius 1 is 1.26 bits per heavy atom. The summed E-state index contributed by atoms with van der Waals surface area (Å²) in [6.45, 7) is 0.192. The summed E-state index contributed by atoms with van der Waals surface area (Å²) in [6, 6.07) is 2.61. The minimum Gasteiger partial charge on any atom is -0.535 e. The highest BCUT2D eigenvalue weighted by Gasteiger charge is 2.54. The maximum Gasteiger partial charge on any atom is 0.526 e. The summed E-state index contributed by atoms with van der Waals surface area (Å²) in [5.41, 5.74) is 0.133. The smallest absolute Gasteiger partial charge is 0.526 e. The monoisotopic (exact) mass is 382 g/mol. The molecular formula is C16H16BFO9. The van der Waals surface area contributed by atoms with Gasteiger partial charge in [0.1, 0.15) is 17.1 Å². The lowest BCUT2D eigenvalue weighted by Crippen LogP contribution is -2.28. The molecule has 0 saturated heterocycles. The Labute approximate surface area is 153 Å². The molecule has 27 heavy (non-hydrogen) atoms. The van der Waals surface area contributed by atoms with Crippen LogP contribution < -0.4 is 4.65 Å². The number of halogens is 1. The highest BCUT2D eigenvalue weighted by molar-refractivity contribution is 6.48. The van der Waals surface area contributed by atoms with Gasteiger partial charge in [0.05, 0.1) is 6.61 Å². The third-order valence-corrected chi connectivity index (χ3v) is 4.17. The number of hydrogen-bond donors (Lipinski definition) is 1. The van der Waals surface area contributed by atoms with Crippen molar-refractivity contribution in [2.24, 2.45) is 0 Å². The van der Waals surface area contributed by atoms with Gasteiger partial charge in [-0.05, 0) is 30.9 Å². The van der Waals surface area contributed by atoms with Gasteiger partial charge in [-0.1, -0.05) is 6.07 Å². The summed E-state index contributed by atoms with van der Waals surface area (Å²) < 4.78 is 37.5. The molecule has 1 fully saturated rings. The first-order valence-corrected chi connectivity index (χ1v) is 8.21. The predicted molar refractivity (Wildman–Crippen MR) is 85.5 cm³/mol. The summed E-state index contributed by atoms with van der Waals surface area (Å²) in [6.07, 6.45) is -0.581. The van der Waals surface area contributed by atoms with E-state index in [-0.39, 0.29) is 24.1 Å². The molecule has 1 aliphatic carbocycles. The van der Waals surface area contributed by atoms with E-state index in [0.29, 0.717) is 12.0 Å². The van der Waals surface area contributed by atoms with Crippen molar-refractivity contribution in [1.82, 2.24) is 0 Å². The van der Waals surface area contributed by atoms with Crippen LogP contribution in [-0.2, 0) is 23.7 Å². The number of hydrogen-bond acceptors (Lipinski definition) is 9. The van der Waals surface area contributed by atoms with Crippen molar-refractivity contribution in [2.75, 3.05) is 20.0 Å². The lowest BCUT2D eigenvalue weighted by molar-refractivity contribution is -0.147.